The fourth-order valence-corrected chi connectivity index (χ4v) is 4.25. The molecule has 7 heteroatoms. The molecule has 2 heterocycles. The van der Waals surface area contributed by atoms with Crippen LogP contribution >= 0.6 is 0 Å². The number of hydrogen-bond acceptors (Lipinski definition) is 6. The summed E-state index contributed by atoms with van der Waals surface area (Å²) in [5, 5.41) is 9.75. The first-order valence-electron chi connectivity index (χ1n) is 12.7. The molecule has 0 bridgehead atoms. The van der Waals surface area contributed by atoms with Gasteiger partial charge in [-0.3, -0.25) is 4.90 Å². The van der Waals surface area contributed by atoms with Crippen LogP contribution in [-0.4, -0.2) is 84.9 Å². The van der Waals surface area contributed by atoms with Gasteiger partial charge in [0.15, 0.2) is 0 Å². The van der Waals surface area contributed by atoms with E-state index in [0.29, 0.717) is 6.61 Å². The normalized spacial score (nSPS) is 15.0. The maximum Gasteiger partial charge on any atom is 0.329 e. The highest BCUT2D eigenvalue weighted by Crippen LogP contribution is 2.16. The minimum atomic E-state index is -0.913. The van der Waals surface area contributed by atoms with E-state index in [0.717, 1.165) is 86.6 Å². The highest BCUT2D eigenvalue weighted by molar-refractivity contribution is 5.80. The standard InChI is InChI=1S/C29H35N3O4/c33-29(34)23-35-22-20-32-18-16-31(17-19-32)15-3-4-21-36-27-13-8-24(9-14-27)7-11-26-12-10-25-5-1-2-6-28(25)30-26/h1-2,5-14H,3-4,15-23H2,(H,33,34)/b11-7+. The molecule has 1 saturated heterocycles. The van der Waals surface area contributed by atoms with Gasteiger partial charge in [-0.25, -0.2) is 9.78 Å². The summed E-state index contributed by atoms with van der Waals surface area (Å²) >= 11 is 0. The van der Waals surface area contributed by atoms with Gasteiger partial charge in [-0.1, -0.05) is 42.5 Å². The minimum Gasteiger partial charge on any atom is -0.494 e. The number of benzene rings is 2. The number of unbranched alkanes of at least 4 members (excludes halogenated alkanes) is 1. The number of aliphatic carboxylic acids is 1. The van der Waals surface area contributed by atoms with E-state index in [4.69, 9.17) is 14.6 Å². The van der Waals surface area contributed by atoms with Gasteiger partial charge in [0.1, 0.15) is 12.4 Å². The van der Waals surface area contributed by atoms with Crippen molar-refractivity contribution in [2.75, 3.05) is 59.1 Å². The molecule has 0 unspecified atom stereocenters. The van der Waals surface area contributed by atoms with Crippen molar-refractivity contribution in [1.82, 2.24) is 14.8 Å². The Hall–Kier alpha value is -3.26. The van der Waals surface area contributed by atoms with Gasteiger partial charge in [-0.05, 0) is 55.3 Å². The van der Waals surface area contributed by atoms with Crippen molar-refractivity contribution < 1.29 is 19.4 Å². The molecule has 0 spiro atoms. The van der Waals surface area contributed by atoms with E-state index in [1.165, 1.54) is 0 Å². The summed E-state index contributed by atoms with van der Waals surface area (Å²) in [7, 11) is 0. The number of aromatic nitrogens is 1. The number of rotatable bonds is 13. The second-order valence-corrected chi connectivity index (χ2v) is 9.02. The van der Waals surface area contributed by atoms with Crippen LogP contribution in [0.15, 0.2) is 60.7 Å². The third kappa shape index (κ3) is 8.45. The SMILES string of the molecule is O=C(O)COCCN1CCN(CCCCOc2ccc(/C=C/c3ccc4ccccc4n3)cc2)CC1. The van der Waals surface area contributed by atoms with Gasteiger partial charge in [0.25, 0.3) is 0 Å². The Kier molecular flexibility index (Phi) is 9.85. The summed E-state index contributed by atoms with van der Waals surface area (Å²) in [4.78, 5) is 20.0. The van der Waals surface area contributed by atoms with E-state index in [-0.39, 0.29) is 6.61 Å². The third-order valence-corrected chi connectivity index (χ3v) is 6.33. The topological polar surface area (TPSA) is 75.1 Å². The van der Waals surface area contributed by atoms with Crippen molar-refractivity contribution >= 4 is 29.0 Å². The first-order valence-corrected chi connectivity index (χ1v) is 12.7. The molecule has 3 aromatic rings. The zero-order valence-corrected chi connectivity index (χ0v) is 20.7. The van der Waals surface area contributed by atoms with Crippen LogP contribution in [0.5, 0.6) is 5.75 Å². The van der Waals surface area contributed by atoms with Crippen LogP contribution in [0.2, 0.25) is 0 Å². The number of para-hydroxylation sites is 1. The van der Waals surface area contributed by atoms with E-state index in [1.54, 1.807) is 0 Å². The average molecular weight is 490 g/mol. The molecule has 0 aliphatic carbocycles. The number of ether oxygens (including phenoxy) is 2. The van der Waals surface area contributed by atoms with E-state index in [1.807, 2.05) is 42.5 Å². The fraction of sp³-hybridized carbons (Fsp3) is 0.379. The summed E-state index contributed by atoms with van der Waals surface area (Å²) in [6.45, 7) is 6.96. The smallest absolute Gasteiger partial charge is 0.329 e. The molecule has 2 aromatic carbocycles. The largest absolute Gasteiger partial charge is 0.494 e. The van der Waals surface area contributed by atoms with Crippen LogP contribution < -0.4 is 4.74 Å². The van der Waals surface area contributed by atoms with Gasteiger partial charge in [0, 0.05) is 38.1 Å². The third-order valence-electron chi connectivity index (χ3n) is 6.33. The van der Waals surface area contributed by atoms with E-state index in [9.17, 15) is 4.79 Å². The number of pyridine rings is 1. The molecule has 1 N–H and O–H groups in total. The molecule has 36 heavy (non-hydrogen) atoms. The molecule has 1 aliphatic heterocycles. The molecule has 0 amide bonds. The molecule has 0 atom stereocenters. The molecule has 7 nitrogen and oxygen atoms in total. The zero-order valence-electron chi connectivity index (χ0n) is 20.7. The minimum absolute atomic E-state index is 0.215. The molecule has 0 saturated carbocycles. The van der Waals surface area contributed by atoms with Gasteiger partial charge in [-0.2, -0.15) is 0 Å². The monoisotopic (exact) mass is 489 g/mol. The molecule has 1 aliphatic rings. The van der Waals surface area contributed by atoms with Crippen molar-refractivity contribution in [3.63, 3.8) is 0 Å². The van der Waals surface area contributed by atoms with Crippen molar-refractivity contribution in [3.05, 3.63) is 71.9 Å². The lowest BCUT2D eigenvalue weighted by Crippen LogP contribution is -2.47. The number of carboxylic acid groups (broad SMARTS) is 1. The highest BCUT2D eigenvalue weighted by Gasteiger charge is 2.16. The summed E-state index contributed by atoms with van der Waals surface area (Å²) in [6.07, 6.45) is 6.25. The quantitative estimate of drug-likeness (QED) is 0.359. The van der Waals surface area contributed by atoms with Gasteiger partial charge in [-0.15, -0.1) is 0 Å². The van der Waals surface area contributed by atoms with Crippen LogP contribution in [0.1, 0.15) is 24.1 Å². The van der Waals surface area contributed by atoms with Crippen LogP contribution in [-0.2, 0) is 9.53 Å². The Bertz CT molecular complexity index is 1120. The van der Waals surface area contributed by atoms with Gasteiger partial charge >= 0.3 is 5.97 Å². The lowest BCUT2D eigenvalue weighted by Gasteiger charge is -2.34. The number of hydrogen-bond donors (Lipinski definition) is 1. The summed E-state index contributed by atoms with van der Waals surface area (Å²) in [6, 6.07) is 20.5. The number of carbonyl (C=O) groups is 1. The van der Waals surface area contributed by atoms with Gasteiger partial charge < -0.3 is 19.5 Å². The Morgan fingerprint density at radius 3 is 2.39 bits per heavy atom. The Morgan fingerprint density at radius 1 is 0.861 bits per heavy atom. The summed E-state index contributed by atoms with van der Waals surface area (Å²) in [5.41, 5.74) is 3.07. The summed E-state index contributed by atoms with van der Waals surface area (Å²) < 4.78 is 11.1. The molecule has 4 rings (SSSR count). The first-order chi connectivity index (χ1) is 17.7. The van der Waals surface area contributed by atoms with Crippen LogP contribution in [0.3, 0.4) is 0 Å². The van der Waals surface area contributed by atoms with E-state index >= 15 is 0 Å². The predicted octanol–water partition coefficient (Wildman–Crippen LogP) is 4.28. The lowest BCUT2D eigenvalue weighted by atomic mass is 10.1. The lowest BCUT2D eigenvalue weighted by molar-refractivity contribution is -0.142. The zero-order chi connectivity index (χ0) is 25.0. The van der Waals surface area contributed by atoms with Gasteiger partial charge in [0.2, 0.25) is 0 Å². The molecule has 1 aromatic heterocycles. The highest BCUT2D eigenvalue weighted by atomic mass is 16.5. The van der Waals surface area contributed by atoms with Crippen molar-refractivity contribution in [3.8, 4) is 5.75 Å². The van der Waals surface area contributed by atoms with Crippen LogP contribution in [0, 0.1) is 0 Å². The van der Waals surface area contributed by atoms with Crippen molar-refractivity contribution in [2.24, 2.45) is 0 Å². The Balaban J connectivity index is 1.09. The van der Waals surface area contributed by atoms with Crippen molar-refractivity contribution in [1.29, 1.82) is 0 Å². The maximum atomic E-state index is 10.5. The molecular weight excluding hydrogens is 454 g/mol. The second-order valence-electron chi connectivity index (χ2n) is 9.02. The maximum absolute atomic E-state index is 10.5. The Morgan fingerprint density at radius 2 is 1.61 bits per heavy atom. The van der Waals surface area contributed by atoms with Crippen LogP contribution in [0.25, 0.3) is 23.1 Å². The predicted molar refractivity (Wildman–Crippen MR) is 143 cm³/mol. The Labute approximate surface area is 213 Å². The molecule has 190 valence electrons. The number of carboxylic acids is 1. The number of piperazine rings is 1. The number of nitrogens with zero attached hydrogens (tertiary/aromatic N) is 3. The number of fused-ring (bicyclic) bond motifs is 1. The average Bonchev–Trinajstić information content (AvgIpc) is 2.91. The molecular formula is C29H35N3O4. The molecule has 1 fully saturated rings. The molecule has 0 radical (unpaired) electrons. The van der Waals surface area contributed by atoms with E-state index < -0.39 is 5.97 Å². The second kappa shape index (κ2) is 13.7. The van der Waals surface area contributed by atoms with Crippen molar-refractivity contribution in [2.45, 2.75) is 12.8 Å². The van der Waals surface area contributed by atoms with Crippen LogP contribution in [0.4, 0.5) is 0 Å². The van der Waals surface area contributed by atoms with E-state index in [2.05, 4.69) is 45.1 Å². The first kappa shape index (κ1) is 25.8. The van der Waals surface area contributed by atoms with Gasteiger partial charge in [0.05, 0.1) is 24.4 Å². The summed E-state index contributed by atoms with van der Waals surface area (Å²) in [5.74, 6) is -0.0155. The fourth-order valence-electron chi connectivity index (χ4n) is 4.25.